The van der Waals surface area contributed by atoms with Crippen molar-refractivity contribution in [2.75, 3.05) is 0 Å². The Morgan fingerprint density at radius 1 is 1.33 bits per heavy atom. The lowest BCUT2D eigenvalue weighted by Crippen LogP contribution is -2.47. The van der Waals surface area contributed by atoms with Crippen molar-refractivity contribution in [3.05, 3.63) is 21.9 Å². The van der Waals surface area contributed by atoms with Gasteiger partial charge in [0.2, 0.25) is 0 Å². The van der Waals surface area contributed by atoms with E-state index in [9.17, 15) is 9.59 Å². The van der Waals surface area contributed by atoms with Crippen LogP contribution in [0.3, 0.4) is 0 Å². The number of carbonyl (C=O) groups excluding carboxylic acids is 1. The van der Waals surface area contributed by atoms with Gasteiger partial charge in [-0.2, -0.15) is 0 Å². The van der Waals surface area contributed by atoms with Crippen molar-refractivity contribution >= 4 is 23.3 Å². The van der Waals surface area contributed by atoms with Gasteiger partial charge in [-0.05, 0) is 32.9 Å². The molecule has 6 heteroatoms. The van der Waals surface area contributed by atoms with Crippen molar-refractivity contribution in [1.82, 2.24) is 10.6 Å². The minimum atomic E-state index is -1.05. The van der Waals surface area contributed by atoms with Gasteiger partial charge >= 0.3 is 12.0 Å². The molecule has 1 aromatic heterocycles. The van der Waals surface area contributed by atoms with Crippen molar-refractivity contribution < 1.29 is 14.7 Å². The second kappa shape index (κ2) is 6.39. The minimum Gasteiger partial charge on any atom is -0.480 e. The molecule has 2 atom stereocenters. The average Bonchev–Trinajstić information content (AvgIpc) is 2.62. The monoisotopic (exact) mass is 270 g/mol. The van der Waals surface area contributed by atoms with E-state index >= 15 is 0 Å². The number of nitrogens with one attached hydrogen (secondary N) is 2. The van der Waals surface area contributed by atoms with E-state index < -0.39 is 18.0 Å². The first-order valence-corrected chi connectivity index (χ1v) is 6.55. The molecule has 1 heterocycles. The van der Waals surface area contributed by atoms with Crippen molar-refractivity contribution in [3.63, 3.8) is 0 Å². The molecule has 0 saturated heterocycles. The normalized spacial score (nSPS) is 13.7. The Balaban J connectivity index is 2.38. The molecular weight excluding hydrogens is 252 g/mol. The average molecular weight is 270 g/mol. The Morgan fingerprint density at radius 2 is 2.00 bits per heavy atom. The van der Waals surface area contributed by atoms with E-state index in [0.29, 0.717) is 0 Å². The number of carboxylic acid groups (broad SMARTS) is 1. The van der Waals surface area contributed by atoms with Crippen LogP contribution in [0.1, 0.15) is 23.6 Å². The van der Waals surface area contributed by atoms with Crippen LogP contribution in [0.2, 0.25) is 0 Å². The Kier molecular flexibility index (Phi) is 5.15. The summed E-state index contributed by atoms with van der Waals surface area (Å²) in [6, 6.07) is 2.70. The molecule has 18 heavy (non-hydrogen) atoms. The zero-order valence-corrected chi connectivity index (χ0v) is 11.5. The lowest BCUT2D eigenvalue weighted by molar-refractivity contribution is -0.138. The van der Waals surface area contributed by atoms with Gasteiger partial charge in [0.15, 0.2) is 0 Å². The van der Waals surface area contributed by atoms with E-state index in [4.69, 9.17) is 5.11 Å². The maximum Gasteiger partial charge on any atom is 0.325 e. The van der Waals surface area contributed by atoms with E-state index in [1.165, 1.54) is 16.7 Å². The number of urea groups is 1. The number of thiophene rings is 1. The zero-order valence-electron chi connectivity index (χ0n) is 10.7. The van der Waals surface area contributed by atoms with Gasteiger partial charge in [-0.15, -0.1) is 11.3 Å². The lowest BCUT2D eigenvalue weighted by atomic mass is 10.2. The molecule has 2 amide bonds. The fraction of sp³-hybridized carbons (Fsp3) is 0.500. The van der Waals surface area contributed by atoms with Crippen LogP contribution in [0.25, 0.3) is 0 Å². The highest BCUT2D eigenvalue weighted by Crippen LogP contribution is 2.16. The van der Waals surface area contributed by atoms with Crippen LogP contribution < -0.4 is 10.6 Å². The Morgan fingerprint density at radius 3 is 2.50 bits per heavy atom. The molecule has 0 aliphatic carbocycles. The van der Waals surface area contributed by atoms with Crippen LogP contribution in [0, 0.1) is 6.92 Å². The number of amides is 2. The molecule has 1 rings (SSSR count). The van der Waals surface area contributed by atoms with Crippen molar-refractivity contribution in [3.8, 4) is 0 Å². The first kappa shape index (κ1) is 14.5. The third-order valence-electron chi connectivity index (χ3n) is 2.40. The molecule has 0 saturated carbocycles. The topological polar surface area (TPSA) is 78.4 Å². The third-order valence-corrected chi connectivity index (χ3v) is 3.42. The molecule has 0 fully saturated rings. The van der Waals surface area contributed by atoms with Gasteiger partial charge < -0.3 is 15.7 Å². The first-order chi connectivity index (χ1) is 8.38. The molecule has 1 unspecified atom stereocenters. The Bertz CT molecular complexity index is 431. The summed E-state index contributed by atoms with van der Waals surface area (Å²) >= 11 is 1.70. The van der Waals surface area contributed by atoms with Crippen LogP contribution in [0.5, 0.6) is 0 Å². The van der Waals surface area contributed by atoms with Crippen LogP contribution in [-0.2, 0) is 11.2 Å². The second-order valence-corrected chi connectivity index (χ2v) is 5.67. The standard InChI is InChI=1S/C12H18N2O3S/c1-7(6-10-5-4-8(2)18-10)13-12(17)14-9(3)11(15)16/h4-5,7,9H,6H2,1-3H3,(H,15,16)(H2,13,14,17)/t7?,9-/m0/s1. The number of hydrogen-bond acceptors (Lipinski definition) is 3. The molecule has 0 bridgehead atoms. The molecule has 3 N–H and O–H groups in total. The van der Waals surface area contributed by atoms with Gasteiger partial charge in [-0.3, -0.25) is 4.79 Å². The largest absolute Gasteiger partial charge is 0.480 e. The highest BCUT2D eigenvalue weighted by atomic mass is 32.1. The highest BCUT2D eigenvalue weighted by Gasteiger charge is 2.15. The third kappa shape index (κ3) is 4.75. The maximum atomic E-state index is 11.5. The molecule has 0 radical (unpaired) electrons. The predicted molar refractivity (Wildman–Crippen MR) is 71.0 cm³/mol. The fourth-order valence-corrected chi connectivity index (χ4v) is 2.49. The van der Waals surface area contributed by atoms with E-state index in [1.54, 1.807) is 11.3 Å². The van der Waals surface area contributed by atoms with Gasteiger partial charge in [0.25, 0.3) is 0 Å². The lowest BCUT2D eigenvalue weighted by Gasteiger charge is -2.15. The summed E-state index contributed by atoms with van der Waals surface area (Å²) in [7, 11) is 0. The Labute approximate surface area is 110 Å². The zero-order chi connectivity index (χ0) is 13.7. The van der Waals surface area contributed by atoms with E-state index in [0.717, 1.165) is 6.42 Å². The smallest absolute Gasteiger partial charge is 0.325 e. The molecule has 5 nitrogen and oxygen atoms in total. The summed E-state index contributed by atoms with van der Waals surface area (Å²) in [6.07, 6.45) is 0.743. The van der Waals surface area contributed by atoms with E-state index in [-0.39, 0.29) is 6.04 Å². The molecule has 0 spiro atoms. The predicted octanol–water partition coefficient (Wildman–Crippen LogP) is 1.76. The van der Waals surface area contributed by atoms with Crippen LogP contribution >= 0.6 is 11.3 Å². The summed E-state index contributed by atoms with van der Waals surface area (Å²) in [6.45, 7) is 5.35. The number of carboxylic acids is 1. The number of hydrogen-bond donors (Lipinski definition) is 3. The second-order valence-electron chi connectivity index (χ2n) is 4.30. The number of rotatable bonds is 5. The van der Waals surface area contributed by atoms with Gasteiger partial charge in [-0.1, -0.05) is 0 Å². The molecule has 100 valence electrons. The minimum absolute atomic E-state index is 0.0379. The molecule has 1 aromatic rings. The molecule has 0 aliphatic heterocycles. The number of aliphatic carboxylic acids is 1. The van der Waals surface area contributed by atoms with Gasteiger partial charge in [0.05, 0.1) is 0 Å². The number of aryl methyl sites for hydroxylation is 1. The van der Waals surface area contributed by atoms with Crippen LogP contribution in [0.4, 0.5) is 4.79 Å². The highest BCUT2D eigenvalue weighted by molar-refractivity contribution is 7.11. The maximum absolute atomic E-state index is 11.5. The number of carbonyl (C=O) groups is 2. The summed E-state index contributed by atoms with van der Waals surface area (Å²) in [5, 5.41) is 13.7. The summed E-state index contributed by atoms with van der Waals surface area (Å²) < 4.78 is 0. The van der Waals surface area contributed by atoms with Crippen LogP contribution in [0.15, 0.2) is 12.1 Å². The SMILES string of the molecule is Cc1ccc(CC(C)NC(=O)N[C@@H](C)C(=O)O)s1. The van der Waals surface area contributed by atoms with Crippen LogP contribution in [-0.4, -0.2) is 29.2 Å². The molecular formula is C12H18N2O3S. The summed E-state index contributed by atoms with van der Waals surface area (Å²) in [5.74, 6) is -1.05. The fourth-order valence-electron chi connectivity index (χ4n) is 1.47. The summed E-state index contributed by atoms with van der Waals surface area (Å²) in [4.78, 5) is 24.5. The molecule has 0 aromatic carbocycles. The van der Waals surface area contributed by atoms with E-state index in [2.05, 4.69) is 10.6 Å². The first-order valence-electron chi connectivity index (χ1n) is 5.73. The molecule has 0 aliphatic rings. The van der Waals surface area contributed by atoms with Crippen molar-refractivity contribution in [2.45, 2.75) is 39.3 Å². The van der Waals surface area contributed by atoms with Gasteiger partial charge in [0.1, 0.15) is 6.04 Å². The van der Waals surface area contributed by atoms with Crippen molar-refractivity contribution in [2.24, 2.45) is 0 Å². The summed E-state index contributed by atoms with van der Waals surface area (Å²) in [5.41, 5.74) is 0. The van der Waals surface area contributed by atoms with E-state index in [1.807, 2.05) is 26.0 Å². The Hall–Kier alpha value is -1.56. The van der Waals surface area contributed by atoms with Gasteiger partial charge in [0, 0.05) is 22.2 Å². The quantitative estimate of drug-likeness (QED) is 0.763. The van der Waals surface area contributed by atoms with Gasteiger partial charge in [-0.25, -0.2) is 4.79 Å². The van der Waals surface area contributed by atoms with Crippen molar-refractivity contribution in [1.29, 1.82) is 0 Å².